The standard InChI is InChI=1S/C18H16N4O/c1-12-16(17-14-9-5-6-10-15(14)19-11-20-17)18(23)22(21-12)13-7-3-2-4-8-13/h2-11,17,21H,1H3,(H,19,20). The summed E-state index contributed by atoms with van der Waals surface area (Å²) in [5.74, 6) is 0. The lowest BCUT2D eigenvalue weighted by Gasteiger charge is -2.20. The highest BCUT2D eigenvalue weighted by Crippen LogP contribution is 2.33. The minimum atomic E-state index is -0.291. The normalized spacial score (nSPS) is 16.0. The van der Waals surface area contributed by atoms with Gasteiger partial charge in [-0.1, -0.05) is 36.4 Å². The van der Waals surface area contributed by atoms with Gasteiger partial charge in [0.05, 0.1) is 17.6 Å². The molecule has 5 heteroatoms. The van der Waals surface area contributed by atoms with Gasteiger partial charge in [-0.2, -0.15) is 0 Å². The molecule has 0 saturated heterocycles. The summed E-state index contributed by atoms with van der Waals surface area (Å²) in [7, 11) is 0. The van der Waals surface area contributed by atoms with E-state index in [1.165, 1.54) is 0 Å². The number of hydrogen-bond donors (Lipinski definition) is 2. The van der Waals surface area contributed by atoms with Crippen LogP contribution >= 0.6 is 0 Å². The number of aryl methyl sites for hydroxylation is 1. The fourth-order valence-corrected chi connectivity index (χ4v) is 3.00. The minimum absolute atomic E-state index is 0.0625. The van der Waals surface area contributed by atoms with Crippen molar-refractivity contribution in [2.45, 2.75) is 13.0 Å². The van der Waals surface area contributed by atoms with Gasteiger partial charge in [0.2, 0.25) is 0 Å². The van der Waals surface area contributed by atoms with E-state index in [9.17, 15) is 4.79 Å². The van der Waals surface area contributed by atoms with Crippen molar-refractivity contribution in [2.75, 3.05) is 5.32 Å². The molecule has 0 aliphatic carbocycles. The molecule has 0 radical (unpaired) electrons. The number of para-hydroxylation sites is 2. The molecule has 23 heavy (non-hydrogen) atoms. The van der Waals surface area contributed by atoms with Crippen LogP contribution in [-0.2, 0) is 0 Å². The maximum Gasteiger partial charge on any atom is 0.277 e. The zero-order valence-electron chi connectivity index (χ0n) is 12.7. The van der Waals surface area contributed by atoms with Gasteiger partial charge in [0.1, 0.15) is 6.04 Å². The first-order valence-corrected chi connectivity index (χ1v) is 7.50. The number of H-pyrrole nitrogens is 1. The van der Waals surface area contributed by atoms with Crippen LogP contribution in [0.3, 0.4) is 0 Å². The molecule has 1 unspecified atom stereocenters. The molecule has 4 rings (SSSR count). The Bertz CT molecular complexity index is 937. The molecule has 0 saturated carbocycles. The van der Waals surface area contributed by atoms with Gasteiger partial charge in [-0.15, -0.1) is 0 Å². The molecule has 0 fully saturated rings. The lowest BCUT2D eigenvalue weighted by atomic mass is 9.97. The molecular weight excluding hydrogens is 288 g/mol. The van der Waals surface area contributed by atoms with Crippen molar-refractivity contribution in [3.05, 3.63) is 81.8 Å². The number of nitrogens with one attached hydrogen (secondary N) is 2. The van der Waals surface area contributed by atoms with E-state index >= 15 is 0 Å². The maximum atomic E-state index is 12.9. The highest BCUT2D eigenvalue weighted by molar-refractivity contribution is 5.81. The fraction of sp³-hybridized carbons (Fsp3) is 0.111. The summed E-state index contributed by atoms with van der Waals surface area (Å²) in [6.07, 6.45) is 1.66. The molecule has 114 valence electrons. The molecule has 2 N–H and O–H groups in total. The van der Waals surface area contributed by atoms with Crippen LogP contribution in [0, 0.1) is 6.92 Å². The number of nitrogens with zero attached hydrogens (tertiary/aromatic N) is 2. The van der Waals surface area contributed by atoms with Crippen molar-refractivity contribution in [1.82, 2.24) is 9.78 Å². The maximum absolute atomic E-state index is 12.9. The van der Waals surface area contributed by atoms with Crippen molar-refractivity contribution >= 4 is 12.0 Å². The summed E-state index contributed by atoms with van der Waals surface area (Å²) in [4.78, 5) is 17.4. The summed E-state index contributed by atoms with van der Waals surface area (Å²) in [6.45, 7) is 1.91. The topological polar surface area (TPSA) is 62.2 Å². The van der Waals surface area contributed by atoms with E-state index < -0.39 is 0 Å². The number of aromatic nitrogens is 2. The second kappa shape index (κ2) is 5.28. The van der Waals surface area contributed by atoms with Gasteiger partial charge >= 0.3 is 0 Å². The molecule has 2 aromatic carbocycles. The highest BCUT2D eigenvalue weighted by atomic mass is 16.1. The van der Waals surface area contributed by atoms with E-state index in [-0.39, 0.29) is 11.6 Å². The monoisotopic (exact) mass is 304 g/mol. The minimum Gasteiger partial charge on any atom is -0.346 e. The van der Waals surface area contributed by atoms with Gasteiger partial charge in [-0.25, -0.2) is 4.68 Å². The second-order valence-electron chi connectivity index (χ2n) is 5.54. The van der Waals surface area contributed by atoms with Gasteiger partial charge in [-0.3, -0.25) is 14.9 Å². The third-order valence-electron chi connectivity index (χ3n) is 4.10. The number of rotatable bonds is 2. The summed E-state index contributed by atoms with van der Waals surface area (Å²) >= 11 is 0. The van der Waals surface area contributed by atoms with E-state index in [0.29, 0.717) is 5.56 Å². The van der Waals surface area contributed by atoms with Crippen LogP contribution in [0.1, 0.15) is 22.9 Å². The predicted molar refractivity (Wildman–Crippen MR) is 91.5 cm³/mol. The number of aromatic amines is 1. The molecule has 1 atom stereocenters. The first kappa shape index (κ1) is 13.6. The molecule has 1 aliphatic rings. The lowest BCUT2D eigenvalue weighted by molar-refractivity contribution is 0.826. The van der Waals surface area contributed by atoms with Crippen molar-refractivity contribution in [3.8, 4) is 5.69 Å². The van der Waals surface area contributed by atoms with E-state index in [0.717, 1.165) is 22.6 Å². The Labute approximate surface area is 133 Å². The molecule has 1 aromatic heterocycles. The molecule has 0 amide bonds. The Balaban J connectivity index is 1.88. The van der Waals surface area contributed by atoms with Crippen molar-refractivity contribution in [1.29, 1.82) is 0 Å². The Kier molecular flexibility index (Phi) is 3.12. The number of benzene rings is 2. The smallest absolute Gasteiger partial charge is 0.277 e. The molecular formula is C18H16N4O. The zero-order chi connectivity index (χ0) is 15.8. The molecule has 0 bridgehead atoms. The van der Waals surface area contributed by atoms with E-state index in [1.54, 1.807) is 11.0 Å². The predicted octanol–water partition coefficient (Wildman–Crippen LogP) is 3.02. The summed E-state index contributed by atoms with van der Waals surface area (Å²) < 4.78 is 1.57. The fourth-order valence-electron chi connectivity index (χ4n) is 3.00. The number of anilines is 1. The number of fused-ring (bicyclic) bond motifs is 1. The Morgan fingerprint density at radius 3 is 2.61 bits per heavy atom. The van der Waals surface area contributed by atoms with Gasteiger partial charge in [0.15, 0.2) is 0 Å². The van der Waals surface area contributed by atoms with Crippen molar-refractivity contribution in [2.24, 2.45) is 4.99 Å². The van der Waals surface area contributed by atoms with Crippen LogP contribution in [0.2, 0.25) is 0 Å². The van der Waals surface area contributed by atoms with Crippen LogP contribution in [0.4, 0.5) is 5.69 Å². The molecule has 0 spiro atoms. The van der Waals surface area contributed by atoms with E-state index in [2.05, 4.69) is 15.4 Å². The number of hydrogen-bond acceptors (Lipinski definition) is 3. The first-order chi connectivity index (χ1) is 11.3. The average molecular weight is 304 g/mol. The van der Waals surface area contributed by atoms with Gasteiger partial charge < -0.3 is 5.32 Å². The van der Waals surface area contributed by atoms with E-state index in [4.69, 9.17) is 0 Å². The summed E-state index contributed by atoms with van der Waals surface area (Å²) in [5, 5.41) is 6.30. The van der Waals surface area contributed by atoms with E-state index in [1.807, 2.05) is 61.5 Å². The van der Waals surface area contributed by atoms with Gasteiger partial charge in [-0.05, 0) is 25.1 Å². The van der Waals surface area contributed by atoms with Gasteiger partial charge in [0.25, 0.3) is 5.56 Å². The molecule has 2 heterocycles. The van der Waals surface area contributed by atoms with Crippen LogP contribution in [0.15, 0.2) is 64.4 Å². The Morgan fingerprint density at radius 2 is 1.78 bits per heavy atom. The van der Waals surface area contributed by atoms with Crippen LogP contribution in [-0.4, -0.2) is 16.1 Å². The largest absolute Gasteiger partial charge is 0.346 e. The van der Waals surface area contributed by atoms with Crippen LogP contribution in [0.5, 0.6) is 0 Å². The second-order valence-corrected chi connectivity index (χ2v) is 5.54. The Morgan fingerprint density at radius 1 is 1.04 bits per heavy atom. The third kappa shape index (κ3) is 2.17. The molecule has 5 nitrogen and oxygen atoms in total. The highest BCUT2D eigenvalue weighted by Gasteiger charge is 2.26. The summed E-state index contributed by atoms with van der Waals surface area (Å²) in [5.41, 5.74) is 4.26. The SMILES string of the molecule is Cc1[nH]n(-c2ccccc2)c(=O)c1C1N=CNc2ccccc21. The third-order valence-corrected chi connectivity index (χ3v) is 4.10. The zero-order valence-corrected chi connectivity index (χ0v) is 12.7. The average Bonchev–Trinajstić information content (AvgIpc) is 2.90. The lowest BCUT2D eigenvalue weighted by Crippen LogP contribution is -2.21. The quantitative estimate of drug-likeness (QED) is 0.764. The van der Waals surface area contributed by atoms with Gasteiger partial charge in [0, 0.05) is 16.9 Å². The Hall–Kier alpha value is -3.08. The molecule has 1 aliphatic heterocycles. The molecule has 3 aromatic rings. The van der Waals surface area contributed by atoms with Crippen LogP contribution < -0.4 is 10.9 Å². The summed E-state index contributed by atoms with van der Waals surface area (Å²) in [6, 6.07) is 17.2. The van der Waals surface area contributed by atoms with Crippen molar-refractivity contribution < 1.29 is 0 Å². The van der Waals surface area contributed by atoms with Crippen LogP contribution in [0.25, 0.3) is 5.69 Å². The van der Waals surface area contributed by atoms with Crippen molar-refractivity contribution in [3.63, 3.8) is 0 Å². The number of aliphatic imine (C=N–C) groups is 1. The first-order valence-electron chi connectivity index (χ1n) is 7.50.